The molecule has 0 aromatic heterocycles. The first-order valence-electron chi connectivity index (χ1n) is 6.08. The van der Waals surface area contributed by atoms with Crippen LogP contribution >= 0.6 is 27.5 Å². The SMILES string of the molecule is NCC1(c2ccccc2)Cc2ccc(Cl)c(Br)c2O1. The molecule has 2 aromatic carbocycles. The Balaban J connectivity index is 2.08. The van der Waals surface area contributed by atoms with Crippen molar-refractivity contribution in [2.24, 2.45) is 5.73 Å². The molecule has 0 aliphatic carbocycles. The number of fused-ring (bicyclic) bond motifs is 1. The van der Waals surface area contributed by atoms with Crippen LogP contribution in [-0.2, 0) is 12.0 Å². The zero-order valence-electron chi connectivity index (χ0n) is 10.2. The molecule has 19 heavy (non-hydrogen) atoms. The fourth-order valence-electron chi connectivity index (χ4n) is 2.50. The van der Waals surface area contributed by atoms with Crippen LogP contribution in [0.1, 0.15) is 11.1 Å². The molecule has 1 aliphatic heterocycles. The maximum absolute atomic E-state index is 6.19. The number of ether oxygens (including phenoxy) is 1. The minimum absolute atomic E-state index is 0.426. The first-order valence-corrected chi connectivity index (χ1v) is 7.25. The van der Waals surface area contributed by atoms with Crippen LogP contribution in [0.3, 0.4) is 0 Å². The molecule has 98 valence electrons. The van der Waals surface area contributed by atoms with Gasteiger partial charge in [-0.15, -0.1) is 0 Å². The van der Waals surface area contributed by atoms with Gasteiger partial charge in [-0.2, -0.15) is 0 Å². The van der Waals surface area contributed by atoms with Crippen molar-refractivity contribution in [1.82, 2.24) is 0 Å². The highest BCUT2D eigenvalue weighted by Crippen LogP contribution is 2.46. The predicted octanol–water partition coefficient (Wildman–Crippen LogP) is 3.89. The van der Waals surface area contributed by atoms with Gasteiger partial charge in [0.05, 0.1) is 9.50 Å². The van der Waals surface area contributed by atoms with Crippen molar-refractivity contribution in [1.29, 1.82) is 0 Å². The summed E-state index contributed by atoms with van der Waals surface area (Å²) in [4.78, 5) is 0. The monoisotopic (exact) mass is 337 g/mol. The molecule has 2 nitrogen and oxygen atoms in total. The Morgan fingerprint density at radius 1 is 1.21 bits per heavy atom. The van der Waals surface area contributed by atoms with Crippen LogP contribution in [0, 0.1) is 0 Å². The van der Waals surface area contributed by atoms with E-state index >= 15 is 0 Å². The summed E-state index contributed by atoms with van der Waals surface area (Å²) in [6.07, 6.45) is 0.763. The van der Waals surface area contributed by atoms with E-state index in [-0.39, 0.29) is 0 Å². The van der Waals surface area contributed by atoms with Crippen molar-refractivity contribution in [2.45, 2.75) is 12.0 Å². The predicted molar refractivity (Wildman–Crippen MR) is 80.7 cm³/mol. The Morgan fingerprint density at radius 3 is 2.63 bits per heavy atom. The zero-order chi connectivity index (χ0) is 13.5. The first kappa shape index (κ1) is 13.0. The molecule has 2 N–H and O–H groups in total. The summed E-state index contributed by atoms with van der Waals surface area (Å²) in [6.45, 7) is 0.426. The average molecular weight is 339 g/mol. The topological polar surface area (TPSA) is 35.2 Å². The van der Waals surface area contributed by atoms with Gasteiger partial charge in [0.1, 0.15) is 5.75 Å². The van der Waals surface area contributed by atoms with Crippen LogP contribution < -0.4 is 10.5 Å². The number of hydrogen-bond donors (Lipinski definition) is 1. The number of rotatable bonds is 2. The van der Waals surface area contributed by atoms with Crippen LogP contribution in [0.15, 0.2) is 46.9 Å². The maximum atomic E-state index is 6.19. The Morgan fingerprint density at radius 2 is 1.95 bits per heavy atom. The fraction of sp³-hybridized carbons (Fsp3) is 0.200. The van der Waals surface area contributed by atoms with Gasteiger partial charge in [0.25, 0.3) is 0 Å². The van der Waals surface area contributed by atoms with Crippen LogP contribution in [0.25, 0.3) is 0 Å². The van der Waals surface area contributed by atoms with Gasteiger partial charge >= 0.3 is 0 Å². The molecule has 0 fully saturated rings. The zero-order valence-corrected chi connectivity index (χ0v) is 12.5. The van der Waals surface area contributed by atoms with Crippen molar-refractivity contribution in [3.05, 3.63) is 63.1 Å². The molecule has 0 saturated carbocycles. The Bertz CT molecular complexity index is 617. The van der Waals surface area contributed by atoms with Crippen molar-refractivity contribution in [3.8, 4) is 5.75 Å². The Kier molecular flexibility index (Phi) is 3.29. The quantitative estimate of drug-likeness (QED) is 0.901. The molecule has 1 heterocycles. The summed E-state index contributed by atoms with van der Waals surface area (Å²) < 4.78 is 6.99. The molecule has 0 bridgehead atoms. The van der Waals surface area contributed by atoms with E-state index in [1.54, 1.807) is 0 Å². The third kappa shape index (κ3) is 2.06. The highest BCUT2D eigenvalue weighted by molar-refractivity contribution is 9.10. The van der Waals surface area contributed by atoms with Gasteiger partial charge in [-0.05, 0) is 33.1 Å². The summed E-state index contributed by atoms with van der Waals surface area (Å²) in [5.74, 6) is 0.807. The van der Waals surface area contributed by atoms with E-state index in [9.17, 15) is 0 Å². The van der Waals surface area contributed by atoms with E-state index in [4.69, 9.17) is 22.1 Å². The van der Waals surface area contributed by atoms with Gasteiger partial charge in [0.2, 0.25) is 0 Å². The lowest BCUT2D eigenvalue weighted by atomic mass is 9.89. The summed E-state index contributed by atoms with van der Waals surface area (Å²) >= 11 is 9.60. The van der Waals surface area contributed by atoms with Crippen LogP contribution in [-0.4, -0.2) is 6.54 Å². The van der Waals surface area contributed by atoms with E-state index in [2.05, 4.69) is 15.9 Å². The van der Waals surface area contributed by atoms with Gasteiger partial charge in [-0.3, -0.25) is 0 Å². The van der Waals surface area contributed by atoms with Crippen LogP contribution in [0.5, 0.6) is 5.75 Å². The van der Waals surface area contributed by atoms with E-state index in [0.717, 1.165) is 27.8 Å². The summed E-state index contributed by atoms with van der Waals surface area (Å²) in [5, 5.41) is 0.652. The lowest BCUT2D eigenvalue weighted by Crippen LogP contribution is -2.39. The molecule has 3 rings (SSSR count). The van der Waals surface area contributed by atoms with Gasteiger partial charge in [0, 0.05) is 13.0 Å². The summed E-state index contributed by atoms with van der Waals surface area (Å²) in [7, 11) is 0. The van der Waals surface area contributed by atoms with Gasteiger partial charge in [-0.1, -0.05) is 48.0 Å². The summed E-state index contributed by atoms with van der Waals surface area (Å²) in [5.41, 5.74) is 7.73. The van der Waals surface area contributed by atoms with Gasteiger partial charge < -0.3 is 10.5 Å². The number of nitrogens with two attached hydrogens (primary N) is 1. The molecule has 0 radical (unpaired) electrons. The highest BCUT2D eigenvalue weighted by Gasteiger charge is 2.41. The molecule has 1 atom stereocenters. The van der Waals surface area contributed by atoms with E-state index in [0.29, 0.717) is 11.6 Å². The largest absolute Gasteiger partial charge is 0.479 e. The normalized spacial score (nSPS) is 21.0. The smallest absolute Gasteiger partial charge is 0.150 e. The van der Waals surface area contributed by atoms with Crippen molar-refractivity contribution < 1.29 is 4.74 Å². The van der Waals surface area contributed by atoms with Crippen LogP contribution in [0.2, 0.25) is 5.02 Å². The third-order valence-corrected chi connectivity index (χ3v) is 4.87. The van der Waals surface area contributed by atoms with Gasteiger partial charge in [-0.25, -0.2) is 0 Å². The minimum Gasteiger partial charge on any atom is -0.479 e. The molecular weight excluding hydrogens is 326 g/mol. The Hall–Kier alpha value is -1.03. The molecule has 2 aromatic rings. The molecule has 1 aliphatic rings. The standard InChI is InChI=1S/C15H13BrClNO/c16-13-12(17)7-6-10-8-15(9-18,19-14(10)13)11-4-2-1-3-5-11/h1-7H,8-9,18H2. The average Bonchev–Trinajstić information content (AvgIpc) is 2.85. The second-order valence-electron chi connectivity index (χ2n) is 4.69. The molecule has 0 amide bonds. The van der Waals surface area contributed by atoms with Crippen molar-refractivity contribution in [2.75, 3.05) is 6.54 Å². The fourth-order valence-corrected chi connectivity index (χ4v) is 3.11. The van der Waals surface area contributed by atoms with E-state index in [1.165, 1.54) is 0 Å². The molecular formula is C15H13BrClNO. The van der Waals surface area contributed by atoms with Crippen LogP contribution in [0.4, 0.5) is 0 Å². The number of hydrogen-bond acceptors (Lipinski definition) is 2. The molecule has 4 heteroatoms. The Labute approximate surface area is 125 Å². The second-order valence-corrected chi connectivity index (χ2v) is 5.89. The number of benzene rings is 2. The molecule has 0 saturated heterocycles. The molecule has 0 spiro atoms. The third-order valence-electron chi connectivity index (χ3n) is 3.53. The minimum atomic E-state index is -0.489. The van der Waals surface area contributed by atoms with E-state index in [1.807, 2.05) is 42.5 Å². The number of halogens is 2. The van der Waals surface area contributed by atoms with Crippen molar-refractivity contribution in [3.63, 3.8) is 0 Å². The van der Waals surface area contributed by atoms with Crippen molar-refractivity contribution >= 4 is 27.5 Å². The maximum Gasteiger partial charge on any atom is 0.150 e. The van der Waals surface area contributed by atoms with E-state index < -0.39 is 5.60 Å². The molecule has 1 unspecified atom stereocenters. The first-order chi connectivity index (χ1) is 9.16. The van der Waals surface area contributed by atoms with Gasteiger partial charge in [0.15, 0.2) is 5.60 Å². The second kappa shape index (κ2) is 4.82. The highest BCUT2D eigenvalue weighted by atomic mass is 79.9. The lowest BCUT2D eigenvalue weighted by molar-refractivity contribution is 0.102. The lowest BCUT2D eigenvalue weighted by Gasteiger charge is -2.28. The summed E-state index contributed by atoms with van der Waals surface area (Å²) in [6, 6.07) is 14.0.